The average molecular weight is 675 g/mol. The van der Waals surface area contributed by atoms with Gasteiger partial charge in [-0.2, -0.15) is 5.26 Å². The van der Waals surface area contributed by atoms with Crippen LogP contribution in [0.1, 0.15) is 63.5 Å². The molecule has 2 aliphatic carbocycles. The van der Waals surface area contributed by atoms with Crippen LogP contribution >= 0.6 is 0 Å². The molecule has 0 radical (unpaired) electrons. The van der Waals surface area contributed by atoms with Gasteiger partial charge in [-0.1, -0.05) is 136 Å². The first-order valence-electron chi connectivity index (χ1n) is 18.9. The molecule has 0 spiro atoms. The minimum Gasteiger partial charge on any atom is -0.208 e. The molecule has 2 fully saturated rings. The molecule has 4 atom stereocenters. The molecule has 254 valence electrons. The molecule has 2 bridgehead atoms. The molecule has 4 nitrogen and oxygen atoms in total. The van der Waals surface area contributed by atoms with Crippen LogP contribution in [0.5, 0.6) is 0 Å². The van der Waals surface area contributed by atoms with Crippen LogP contribution in [0.3, 0.4) is 0 Å². The van der Waals surface area contributed by atoms with Crippen molar-refractivity contribution in [2.45, 2.75) is 57.8 Å². The van der Waals surface area contributed by atoms with Crippen LogP contribution in [0, 0.1) is 29.1 Å². The van der Waals surface area contributed by atoms with Crippen LogP contribution < -0.4 is 0 Å². The zero-order valence-electron chi connectivity index (χ0n) is 29.9. The van der Waals surface area contributed by atoms with Crippen molar-refractivity contribution in [1.82, 2.24) is 15.0 Å². The first kappa shape index (κ1) is 32.3. The third-order valence-electron chi connectivity index (χ3n) is 11.9. The molecule has 4 heteroatoms. The summed E-state index contributed by atoms with van der Waals surface area (Å²) in [4.78, 5) is 15.3. The summed E-state index contributed by atoms with van der Waals surface area (Å²) in [5, 5.41) is 14.2. The van der Waals surface area contributed by atoms with Gasteiger partial charge in [-0.15, -0.1) is 0 Å². The Labute approximate surface area is 306 Å². The topological polar surface area (TPSA) is 62.5 Å². The summed E-state index contributed by atoms with van der Waals surface area (Å²) in [7, 11) is 0. The van der Waals surface area contributed by atoms with Gasteiger partial charge < -0.3 is 0 Å². The molecule has 0 saturated heterocycles. The van der Waals surface area contributed by atoms with Gasteiger partial charge in [0.05, 0.1) is 11.6 Å². The first-order chi connectivity index (χ1) is 25.5. The molecule has 9 rings (SSSR count). The maximum Gasteiger partial charge on any atom is 0.165 e. The Kier molecular flexibility index (Phi) is 8.16. The summed E-state index contributed by atoms with van der Waals surface area (Å²) in [5.74, 6) is 4.23. The molecule has 1 aromatic heterocycles. The second kappa shape index (κ2) is 13.1. The van der Waals surface area contributed by atoms with Crippen molar-refractivity contribution < 1.29 is 0 Å². The molecule has 0 amide bonds. The molecular weight excluding hydrogens is 633 g/mol. The van der Waals surface area contributed by atoms with Crippen molar-refractivity contribution in [3.05, 3.63) is 139 Å². The van der Waals surface area contributed by atoms with E-state index in [2.05, 4.69) is 92.7 Å². The number of hydrogen-bond acceptors (Lipinski definition) is 4. The second-order valence-electron chi connectivity index (χ2n) is 15.4. The van der Waals surface area contributed by atoms with Gasteiger partial charge in [-0.25, -0.2) is 15.0 Å². The largest absolute Gasteiger partial charge is 0.208 e. The van der Waals surface area contributed by atoms with Crippen LogP contribution in [0.4, 0.5) is 0 Å². The molecule has 52 heavy (non-hydrogen) atoms. The fourth-order valence-electron chi connectivity index (χ4n) is 9.89. The number of fused-ring (bicyclic) bond motifs is 4. The fraction of sp³-hybridized carbons (Fsp3) is 0.250. The van der Waals surface area contributed by atoms with E-state index in [-0.39, 0.29) is 0 Å². The second-order valence-corrected chi connectivity index (χ2v) is 15.4. The van der Waals surface area contributed by atoms with Crippen molar-refractivity contribution in [1.29, 1.82) is 5.26 Å². The smallest absolute Gasteiger partial charge is 0.165 e. The fourth-order valence-corrected chi connectivity index (χ4v) is 9.89. The summed E-state index contributed by atoms with van der Waals surface area (Å²) in [6, 6.07) is 46.9. The third kappa shape index (κ3) is 5.66. The Morgan fingerprint density at radius 2 is 1.19 bits per heavy atom. The summed E-state index contributed by atoms with van der Waals surface area (Å²) in [5.41, 5.74) is 7.55. The molecule has 2 saturated carbocycles. The van der Waals surface area contributed by atoms with E-state index in [1.165, 1.54) is 66.0 Å². The molecule has 1 heterocycles. The lowest BCUT2D eigenvalue weighted by atomic mass is 9.54. The maximum atomic E-state index is 9.68. The normalized spacial score (nSPS) is 21.2. The highest BCUT2D eigenvalue weighted by atomic mass is 15.0. The summed E-state index contributed by atoms with van der Waals surface area (Å²) >= 11 is 0. The van der Waals surface area contributed by atoms with Gasteiger partial charge in [0.25, 0.3) is 0 Å². The number of hydrogen-bond donors (Lipinski definition) is 0. The molecular formula is C48H42N4. The molecule has 1 unspecified atom stereocenters. The quantitative estimate of drug-likeness (QED) is 0.165. The zero-order valence-corrected chi connectivity index (χ0v) is 29.9. The van der Waals surface area contributed by atoms with E-state index >= 15 is 0 Å². The van der Waals surface area contributed by atoms with Crippen molar-refractivity contribution >= 4 is 21.5 Å². The maximum absolute atomic E-state index is 9.68. The van der Waals surface area contributed by atoms with Crippen LogP contribution in [-0.4, -0.2) is 15.0 Å². The lowest BCUT2D eigenvalue weighted by Gasteiger charge is -2.51. The number of aromatic nitrogens is 3. The Morgan fingerprint density at radius 3 is 1.85 bits per heavy atom. The average Bonchev–Trinajstić information content (AvgIpc) is 3.19. The standard InChI is InChI=1S/C48H42N4/c1-3-32-25-34-24-31(2)27-48(28-32,29-34)38-22-20-35(21-23-38)43-39-16-7-9-18-41(39)44(42-19-10-8-17-40(42)43)47-51-45(36-13-5-4-6-14-36)50-46(52-47)37-15-11-12-33(26-37)30-49/h4-23,26,31-32,34H,3,24-25,27-29H2,1-2H3/t31-,32+,34-,48?/m0/s1. The minimum atomic E-state index is 0.299. The molecule has 6 aromatic carbocycles. The molecule has 2 aliphatic rings. The Bertz CT molecular complexity index is 2420. The number of benzene rings is 6. The van der Waals surface area contributed by atoms with Gasteiger partial charge in [-0.3, -0.25) is 0 Å². The summed E-state index contributed by atoms with van der Waals surface area (Å²) in [6.07, 6.45) is 8.06. The highest BCUT2D eigenvalue weighted by Crippen LogP contribution is 2.55. The van der Waals surface area contributed by atoms with E-state index in [0.29, 0.717) is 28.5 Å². The summed E-state index contributed by atoms with van der Waals surface area (Å²) < 4.78 is 0. The van der Waals surface area contributed by atoms with Gasteiger partial charge in [0.1, 0.15) is 0 Å². The molecule has 0 N–H and O–H groups in total. The van der Waals surface area contributed by atoms with Crippen molar-refractivity contribution in [2.24, 2.45) is 17.8 Å². The van der Waals surface area contributed by atoms with E-state index < -0.39 is 0 Å². The van der Waals surface area contributed by atoms with Crippen molar-refractivity contribution in [3.8, 4) is 51.4 Å². The van der Waals surface area contributed by atoms with Crippen molar-refractivity contribution in [2.75, 3.05) is 0 Å². The van der Waals surface area contributed by atoms with Crippen LogP contribution in [0.2, 0.25) is 0 Å². The lowest BCUT2D eigenvalue weighted by molar-refractivity contribution is 0.0702. The number of nitriles is 1. The number of nitrogens with zero attached hydrogens (tertiary/aromatic N) is 4. The van der Waals surface area contributed by atoms with Crippen LogP contribution in [0.25, 0.3) is 66.8 Å². The zero-order chi connectivity index (χ0) is 35.2. The Balaban J connectivity index is 1.23. The Hall–Kier alpha value is -5.66. The predicted octanol–water partition coefficient (Wildman–Crippen LogP) is 12.2. The van der Waals surface area contributed by atoms with Gasteiger partial charge in [0.15, 0.2) is 17.5 Å². The highest BCUT2D eigenvalue weighted by molar-refractivity contribution is 6.20. The summed E-state index contributed by atoms with van der Waals surface area (Å²) in [6.45, 7) is 4.86. The highest BCUT2D eigenvalue weighted by Gasteiger charge is 2.45. The third-order valence-corrected chi connectivity index (χ3v) is 11.9. The van der Waals surface area contributed by atoms with Gasteiger partial charge in [0.2, 0.25) is 0 Å². The Morgan fingerprint density at radius 1 is 0.596 bits per heavy atom. The van der Waals surface area contributed by atoms with Gasteiger partial charge in [-0.05, 0) is 106 Å². The van der Waals surface area contributed by atoms with Gasteiger partial charge in [0, 0.05) is 16.7 Å². The molecule has 7 aromatic rings. The molecule has 0 aliphatic heterocycles. The van der Waals surface area contributed by atoms with E-state index in [0.717, 1.165) is 45.2 Å². The SMILES string of the molecule is CC[C@@H]1C[C@@H]2C[C@H](C)CC(c3ccc(-c4c5ccccc5c(-c5nc(-c6ccccc6)nc(-c6cccc(C#N)c6)n5)c5ccccc45)cc3)(C1)C2. The van der Waals surface area contributed by atoms with Crippen molar-refractivity contribution in [3.63, 3.8) is 0 Å². The predicted molar refractivity (Wildman–Crippen MR) is 212 cm³/mol. The van der Waals surface area contributed by atoms with E-state index in [1.807, 2.05) is 48.5 Å². The van der Waals surface area contributed by atoms with E-state index in [9.17, 15) is 5.26 Å². The van der Waals surface area contributed by atoms with E-state index in [1.54, 1.807) is 6.07 Å². The first-order valence-corrected chi connectivity index (χ1v) is 18.9. The van der Waals surface area contributed by atoms with Crippen LogP contribution in [0.15, 0.2) is 127 Å². The minimum absolute atomic E-state index is 0.299. The monoisotopic (exact) mass is 674 g/mol. The van der Waals surface area contributed by atoms with Gasteiger partial charge >= 0.3 is 0 Å². The number of rotatable bonds is 6. The lowest BCUT2D eigenvalue weighted by Crippen LogP contribution is -2.42. The van der Waals surface area contributed by atoms with E-state index in [4.69, 9.17) is 15.0 Å². The van der Waals surface area contributed by atoms with Crippen LogP contribution in [-0.2, 0) is 5.41 Å².